The number of benzene rings is 2. The van der Waals surface area contributed by atoms with Gasteiger partial charge in [0, 0.05) is 115 Å². The second-order valence-electron chi connectivity index (χ2n) is 17.9. The van der Waals surface area contributed by atoms with Gasteiger partial charge in [-0.25, -0.2) is 26.4 Å². The number of carbonyl (C=O) groups is 6. The number of ether oxygens (including phenoxy) is 4. The van der Waals surface area contributed by atoms with Crippen LogP contribution in [0.25, 0.3) is 0 Å². The first-order valence-corrected chi connectivity index (χ1v) is 33.0. The van der Waals surface area contributed by atoms with Gasteiger partial charge in [-0.15, -0.1) is 5.06 Å². The average molecular weight is 1440 g/mol. The highest BCUT2D eigenvalue weighted by Crippen LogP contribution is 2.26. The van der Waals surface area contributed by atoms with Gasteiger partial charge < -0.3 is 65.7 Å². The number of hydroxylamine groups is 2. The number of unbranched alkanes of at least 4 members (excludes halogenated alkanes) is 5. The highest BCUT2D eigenvalue weighted by atomic mass is 35.7. The summed E-state index contributed by atoms with van der Waals surface area (Å²) in [5, 5.41) is 88.3. The third-order valence-electron chi connectivity index (χ3n) is 9.48. The number of nitrogens with zero attached hydrogens (tertiary/aromatic N) is 5. The van der Waals surface area contributed by atoms with Gasteiger partial charge >= 0.3 is 11.7 Å². The predicted octanol–water partition coefficient (Wildman–Crippen LogP) is 2.48. The van der Waals surface area contributed by atoms with Crippen LogP contribution in [0.4, 0.5) is 27.1 Å². The topological polar surface area (TPSA) is 556 Å². The molecule has 1 aliphatic rings. The lowest BCUT2D eigenvalue weighted by atomic mass is 10.0. The molecule has 0 aliphatic carbocycles. The minimum absolute atomic E-state index is 0.00497. The van der Waals surface area contributed by atoms with Crippen LogP contribution in [-0.2, 0) is 78.0 Å². The minimum atomic E-state index is -3.19. The van der Waals surface area contributed by atoms with Crippen LogP contribution in [0.5, 0.6) is 0 Å². The molecule has 1 saturated heterocycles. The van der Waals surface area contributed by atoms with Crippen molar-refractivity contribution in [2.45, 2.75) is 105 Å². The summed E-state index contributed by atoms with van der Waals surface area (Å²) in [7, 11) is -1.74. The van der Waals surface area contributed by atoms with Crippen molar-refractivity contribution in [3.8, 4) is 0 Å². The molecule has 0 saturated carbocycles. The second-order valence-corrected chi connectivity index (χ2v) is 23.3. The van der Waals surface area contributed by atoms with E-state index in [0.29, 0.717) is 102 Å². The van der Waals surface area contributed by atoms with Crippen molar-refractivity contribution in [1.82, 2.24) is 20.4 Å². The van der Waals surface area contributed by atoms with Crippen LogP contribution in [0.15, 0.2) is 36.4 Å². The Balaban J connectivity index is -0.000000241. The molecule has 37 nitrogen and oxygen atoms in total. The number of aryl methyl sites for hydroxylation is 1. The van der Waals surface area contributed by atoms with Gasteiger partial charge in [0.1, 0.15) is 0 Å². The number of rotatable bonds is 35. The summed E-state index contributed by atoms with van der Waals surface area (Å²) in [6.45, 7) is 11.1. The Bertz CT molecular complexity index is 2640. The molecular formula is C52H90Cl2FN9O28S2. The van der Waals surface area contributed by atoms with Gasteiger partial charge in [0.2, 0.25) is 41.9 Å². The van der Waals surface area contributed by atoms with Crippen molar-refractivity contribution in [3.05, 3.63) is 88.2 Å². The van der Waals surface area contributed by atoms with E-state index in [-0.39, 0.29) is 74.4 Å². The van der Waals surface area contributed by atoms with Crippen LogP contribution in [0.3, 0.4) is 0 Å². The summed E-state index contributed by atoms with van der Waals surface area (Å²) in [4.78, 5) is 105. The summed E-state index contributed by atoms with van der Waals surface area (Å²) < 4.78 is 75.1. The van der Waals surface area contributed by atoms with Gasteiger partial charge in [0.15, 0.2) is 0 Å². The number of amides is 4. The Hall–Kier alpha value is -6.77. The monoisotopic (exact) mass is 1440 g/mol. The van der Waals surface area contributed by atoms with Crippen molar-refractivity contribution in [1.29, 1.82) is 0 Å². The zero-order valence-electron chi connectivity index (χ0n) is 53.2. The van der Waals surface area contributed by atoms with Crippen LogP contribution < -0.4 is 21.1 Å². The average Bonchev–Trinajstić information content (AvgIpc) is 1.02. The van der Waals surface area contributed by atoms with Crippen molar-refractivity contribution in [3.63, 3.8) is 0 Å². The minimum Gasteiger partial charge on any atom is -0.394 e. The maximum Gasteiger partial charge on any atom is 0.330 e. The summed E-state index contributed by atoms with van der Waals surface area (Å²) in [5.41, 5.74) is 3.02. The smallest absolute Gasteiger partial charge is 0.330 e. The van der Waals surface area contributed by atoms with Crippen LogP contribution in [0.1, 0.15) is 104 Å². The summed E-state index contributed by atoms with van der Waals surface area (Å²) in [6.07, 6.45) is 10.4. The number of hydrogen-bond donors (Lipinski definition) is 9. The van der Waals surface area contributed by atoms with Gasteiger partial charge in [0.05, 0.1) is 104 Å². The number of carbonyl (C=O) groups excluding carboxylic acids is 6. The molecule has 0 radical (unpaired) electrons. The summed E-state index contributed by atoms with van der Waals surface area (Å²) in [6, 6.07) is 5.86. The molecule has 1 aliphatic heterocycles. The molecule has 1 heterocycles. The number of nitrogens with one attached hydrogen (secondary N) is 3. The van der Waals surface area contributed by atoms with E-state index >= 15 is 0 Å². The number of imide groups is 1. The number of aliphatic hydroxyl groups is 5. The summed E-state index contributed by atoms with van der Waals surface area (Å²) in [5.74, 6) is -2.64. The van der Waals surface area contributed by atoms with E-state index in [9.17, 15) is 90.5 Å². The first-order chi connectivity index (χ1) is 43.9. The van der Waals surface area contributed by atoms with E-state index in [2.05, 4.69) is 48.2 Å². The molecule has 3 rings (SSSR count). The van der Waals surface area contributed by atoms with E-state index in [1.165, 1.54) is 32.9 Å². The lowest BCUT2D eigenvalue weighted by Crippen LogP contribution is -2.30. The molecule has 0 spiro atoms. The standard InChI is InChI=1S/C13H18N2O6.2C8H17NO3.C7H17NO4S.C6H3FN2O4.C6H7NO4.C2H3ClO.CH3ClO2S.CH5NO/c16-7-9-21-8-3-1-2-4-11-5-6-12(14(17)18)10-13(11)15(19)20;2*1-8(11)9-4-2-3-6-12-7-5-10;1-13(10,11)8-4-2-3-6-12-7-5-9;7-5-2-1-4(8(10)11)3-6(5)9(12)13;1-4(8)11-7-5(9)2-3-6(7)10;1-2(3)4;1-5(2,3)4;2-1-3/h5-6,10,16H,1-4,7-9H2;2*10H,2-7H2,1H3,(H,9,11);8-9H,2-7H2,1H3;1-3H;2-3H2,1H3;1H3;1H3;3H,1-2H2. The first kappa shape index (κ1) is 98.3. The molecule has 0 bridgehead atoms. The van der Waals surface area contributed by atoms with E-state index in [1.54, 1.807) is 0 Å². The maximum atomic E-state index is 12.6. The molecule has 4 amide bonds. The number of hydrogen-bond acceptors (Lipinski definition) is 29. The van der Waals surface area contributed by atoms with Crippen LogP contribution in [-0.4, -0.2) is 220 Å². The SMILES string of the molecule is CC(=O)Cl.CC(=O)NCCCCOCCO.CC(=O)NCCCCOCCO.CC(=O)ON1C(=O)CCC1=O.CS(=O)(=O)Cl.CS(=O)(=O)NCCCCOCCO.NCO.O=[N+]([O-])c1ccc(CCCCCOCCO)c([N+](=O)[O-])c1.O=[N+]([O-])c1ccc(F)c([N+](=O)[O-])c1. The molecule has 0 unspecified atom stereocenters. The molecule has 42 heteroatoms. The van der Waals surface area contributed by atoms with Crippen molar-refractivity contribution < 1.29 is 119 Å². The first-order valence-electron chi connectivity index (χ1n) is 28.0. The molecule has 94 heavy (non-hydrogen) atoms. The van der Waals surface area contributed by atoms with E-state index in [4.69, 9.17) is 44.5 Å². The van der Waals surface area contributed by atoms with Gasteiger partial charge in [0.25, 0.3) is 28.9 Å². The van der Waals surface area contributed by atoms with Crippen molar-refractivity contribution >= 4 is 98.9 Å². The van der Waals surface area contributed by atoms with Crippen LogP contribution >= 0.6 is 22.3 Å². The molecule has 544 valence electrons. The number of nitrogens with two attached hydrogens (primary N) is 1. The van der Waals surface area contributed by atoms with Crippen molar-refractivity contribution in [2.75, 3.05) is 118 Å². The normalized spacial score (nSPS) is 10.9. The fourth-order valence-corrected chi connectivity index (χ4v) is 6.24. The lowest BCUT2D eigenvalue weighted by Gasteiger charge is -2.09. The molecule has 10 N–H and O–H groups in total. The summed E-state index contributed by atoms with van der Waals surface area (Å²) >= 11 is 4.64. The van der Waals surface area contributed by atoms with Crippen molar-refractivity contribution in [2.24, 2.45) is 5.73 Å². The van der Waals surface area contributed by atoms with Gasteiger partial charge in [-0.05, 0) is 81.5 Å². The van der Waals surface area contributed by atoms with Crippen LogP contribution in [0.2, 0.25) is 0 Å². The highest BCUT2D eigenvalue weighted by molar-refractivity contribution is 8.13. The largest absolute Gasteiger partial charge is 0.394 e. The highest BCUT2D eigenvalue weighted by Gasteiger charge is 2.32. The van der Waals surface area contributed by atoms with Gasteiger partial charge in [-0.2, -0.15) is 4.39 Å². The Kier molecular flexibility index (Phi) is 67.9. The molecule has 1 fully saturated rings. The molecule has 2 aromatic rings. The second kappa shape index (κ2) is 64.9. The quantitative estimate of drug-likeness (QED) is 0.0119. The maximum absolute atomic E-state index is 12.6. The van der Waals surface area contributed by atoms with E-state index < -0.39 is 73.7 Å². The van der Waals surface area contributed by atoms with Gasteiger partial charge in [-0.1, -0.05) is 6.42 Å². The molecule has 2 aromatic carbocycles. The van der Waals surface area contributed by atoms with Crippen LogP contribution in [0, 0.1) is 46.3 Å². The number of nitro groups is 4. The fourth-order valence-electron chi connectivity index (χ4n) is 5.72. The molecular weight excluding hydrogens is 1350 g/mol. The number of aliphatic hydroxyl groups excluding tert-OH is 5. The zero-order chi connectivity index (χ0) is 73.5. The Morgan fingerprint density at radius 1 is 0.574 bits per heavy atom. The number of nitro benzene ring substituents is 4. The van der Waals surface area contributed by atoms with Gasteiger partial charge in [-0.3, -0.25) is 64.4 Å². The number of halogens is 3. The number of non-ortho nitro benzene ring substituents is 2. The Morgan fingerprint density at radius 2 is 0.904 bits per heavy atom. The predicted molar refractivity (Wildman–Crippen MR) is 338 cm³/mol. The fraction of sp³-hybridized carbons (Fsp3) is 0.654. The lowest BCUT2D eigenvalue weighted by molar-refractivity contribution is -0.395. The third kappa shape index (κ3) is 75.9. The third-order valence-corrected chi connectivity index (χ3v) is 10.2. The van der Waals surface area contributed by atoms with E-state index in [0.717, 1.165) is 89.4 Å². The number of sulfonamides is 1. The molecule has 0 aromatic heterocycles. The van der Waals surface area contributed by atoms with E-state index in [1.807, 2.05) is 0 Å². The Morgan fingerprint density at radius 3 is 1.21 bits per heavy atom. The zero-order valence-corrected chi connectivity index (χ0v) is 56.3. The molecule has 0 atom stereocenters. The Labute approximate surface area is 553 Å².